The largest absolute Gasteiger partial charge is 0.349 e. The van der Waals surface area contributed by atoms with E-state index in [0.29, 0.717) is 18.1 Å². The van der Waals surface area contributed by atoms with E-state index in [0.717, 1.165) is 31.2 Å². The topological polar surface area (TPSA) is 41.1 Å². The first-order chi connectivity index (χ1) is 9.15. The van der Waals surface area contributed by atoms with Gasteiger partial charge in [-0.05, 0) is 37.8 Å². The van der Waals surface area contributed by atoms with Gasteiger partial charge in [0.05, 0.1) is 0 Å². The van der Waals surface area contributed by atoms with E-state index in [-0.39, 0.29) is 5.91 Å². The van der Waals surface area contributed by atoms with Crippen molar-refractivity contribution in [3.8, 4) is 0 Å². The summed E-state index contributed by atoms with van der Waals surface area (Å²) in [4.78, 5) is 12.0. The fraction of sp³-hybridized carbons (Fsp3) is 0.562. The fourth-order valence-electron chi connectivity index (χ4n) is 2.73. The van der Waals surface area contributed by atoms with Gasteiger partial charge in [0.2, 0.25) is 0 Å². The monoisotopic (exact) mass is 260 g/mol. The quantitative estimate of drug-likeness (QED) is 0.874. The Balaban J connectivity index is 1.78. The highest BCUT2D eigenvalue weighted by molar-refractivity contribution is 5.94. The molecule has 1 fully saturated rings. The van der Waals surface area contributed by atoms with E-state index in [4.69, 9.17) is 0 Å². The van der Waals surface area contributed by atoms with Gasteiger partial charge in [-0.25, -0.2) is 0 Å². The molecule has 1 aliphatic rings. The Labute approximate surface area is 115 Å². The molecule has 3 nitrogen and oxygen atoms in total. The van der Waals surface area contributed by atoms with Gasteiger partial charge in [0, 0.05) is 23.7 Å². The molecule has 2 N–H and O–H groups in total. The summed E-state index contributed by atoms with van der Waals surface area (Å²) in [6.45, 7) is 4.37. The number of hydrogen-bond donors (Lipinski definition) is 2. The van der Waals surface area contributed by atoms with Crippen molar-refractivity contribution >= 4 is 5.91 Å². The maximum Gasteiger partial charge on any atom is 0.251 e. The van der Waals surface area contributed by atoms with Gasteiger partial charge in [0.25, 0.3) is 5.91 Å². The maximum atomic E-state index is 12.0. The SMILES string of the molecule is CC(C)NC1CCC(NC(=O)c2ccccc2)CC1. The Hall–Kier alpha value is -1.35. The van der Waals surface area contributed by atoms with Gasteiger partial charge < -0.3 is 10.6 Å². The summed E-state index contributed by atoms with van der Waals surface area (Å²) < 4.78 is 0. The third-order valence-corrected chi connectivity index (χ3v) is 3.67. The summed E-state index contributed by atoms with van der Waals surface area (Å²) in [5.74, 6) is 0.0564. The van der Waals surface area contributed by atoms with Crippen LogP contribution in [0.25, 0.3) is 0 Å². The third-order valence-electron chi connectivity index (χ3n) is 3.67. The molecule has 0 aliphatic heterocycles. The van der Waals surface area contributed by atoms with Crippen molar-refractivity contribution in [2.75, 3.05) is 0 Å². The minimum atomic E-state index is 0.0564. The standard InChI is InChI=1S/C16H24N2O/c1-12(2)17-14-8-10-15(11-9-14)18-16(19)13-6-4-3-5-7-13/h3-7,12,14-15,17H,8-11H2,1-2H3,(H,18,19). The lowest BCUT2D eigenvalue weighted by molar-refractivity contribution is 0.0923. The van der Waals surface area contributed by atoms with Crippen LogP contribution in [0.1, 0.15) is 49.9 Å². The highest BCUT2D eigenvalue weighted by atomic mass is 16.1. The first-order valence-electron chi connectivity index (χ1n) is 7.27. The summed E-state index contributed by atoms with van der Waals surface area (Å²) in [5, 5.41) is 6.72. The third kappa shape index (κ3) is 4.35. The number of hydrogen-bond acceptors (Lipinski definition) is 2. The first-order valence-corrected chi connectivity index (χ1v) is 7.27. The minimum Gasteiger partial charge on any atom is -0.349 e. The molecule has 1 aromatic rings. The van der Waals surface area contributed by atoms with E-state index in [1.807, 2.05) is 30.3 Å². The number of carbonyl (C=O) groups excluding carboxylic acids is 1. The molecule has 1 saturated carbocycles. The molecule has 0 unspecified atom stereocenters. The summed E-state index contributed by atoms with van der Waals surface area (Å²) >= 11 is 0. The fourth-order valence-corrected chi connectivity index (χ4v) is 2.73. The van der Waals surface area contributed by atoms with Crippen molar-refractivity contribution in [3.63, 3.8) is 0 Å². The molecule has 1 amide bonds. The molecule has 2 rings (SSSR count). The molecule has 0 saturated heterocycles. The van der Waals surface area contributed by atoms with Crippen LogP contribution in [0.2, 0.25) is 0 Å². The number of nitrogens with one attached hydrogen (secondary N) is 2. The zero-order chi connectivity index (χ0) is 13.7. The zero-order valence-electron chi connectivity index (χ0n) is 11.9. The van der Waals surface area contributed by atoms with Gasteiger partial charge >= 0.3 is 0 Å². The predicted molar refractivity (Wildman–Crippen MR) is 78.2 cm³/mol. The Morgan fingerprint density at radius 3 is 2.21 bits per heavy atom. The predicted octanol–water partition coefficient (Wildman–Crippen LogP) is 2.73. The lowest BCUT2D eigenvalue weighted by Crippen LogP contribution is -2.43. The van der Waals surface area contributed by atoms with Gasteiger partial charge in [0.15, 0.2) is 0 Å². The summed E-state index contributed by atoms with van der Waals surface area (Å²) in [6, 6.07) is 10.9. The molecule has 1 aromatic carbocycles. The van der Waals surface area contributed by atoms with Crippen LogP contribution in [0.4, 0.5) is 0 Å². The van der Waals surface area contributed by atoms with Gasteiger partial charge in [-0.1, -0.05) is 32.0 Å². The second-order valence-corrected chi connectivity index (χ2v) is 5.71. The zero-order valence-corrected chi connectivity index (χ0v) is 11.9. The second kappa shape index (κ2) is 6.71. The van der Waals surface area contributed by atoms with Gasteiger partial charge in [-0.2, -0.15) is 0 Å². The van der Waals surface area contributed by atoms with E-state index in [9.17, 15) is 4.79 Å². The molecule has 0 spiro atoms. The molecule has 1 aliphatic carbocycles. The molecule has 0 bridgehead atoms. The molecule has 104 valence electrons. The van der Waals surface area contributed by atoms with Crippen molar-refractivity contribution in [2.45, 2.75) is 57.7 Å². The number of amides is 1. The smallest absolute Gasteiger partial charge is 0.251 e. The Bertz CT molecular complexity index is 394. The average Bonchev–Trinajstić information content (AvgIpc) is 2.41. The van der Waals surface area contributed by atoms with Crippen LogP contribution in [0, 0.1) is 0 Å². The van der Waals surface area contributed by atoms with Crippen molar-refractivity contribution in [3.05, 3.63) is 35.9 Å². The van der Waals surface area contributed by atoms with Crippen LogP contribution >= 0.6 is 0 Å². The summed E-state index contributed by atoms with van der Waals surface area (Å²) in [5.41, 5.74) is 0.755. The highest BCUT2D eigenvalue weighted by Crippen LogP contribution is 2.19. The molecule has 0 aromatic heterocycles. The van der Waals surface area contributed by atoms with Crippen LogP contribution in [-0.4, -0.2) is 24.0 Å². The van der Waals surface area contributed by atoms with Crippen LogP contribution in [0.15, 0.2) is 30.3 Å². The van der Waals surface area contributed by atoms with E-state index in [1.165, 1.54) is 0 Å². The van der Waals surface area contributed by atoms with Crippen molar-refractivity contribution in [2.24, 2.45) is 0 Å². The van der Waals surface area contributed by atoms with E-state index in [2.05, 4.69) is 24.5 Å². The minimum absolute atomic E-state index is 0.0564. The molecule has 0 heterocycles. The maximum absolute atomic E-state index is 12.0. The Morgan fingerprint density at radius 1 is 1.05 bits per heavy atom. The van der Waals surface area contributed by atoms with Crippen molar-refractivity contribution in [1.29, 1.82) is 0 Å². The van der Waals surface area contributed by atoms with Gasteiger partial charge in [0.1, 0.15) is 0 Å². The molecule has 19 heavy (non-hydrogen) atoms. The average molecular weight is 260 g/mol. The van der Waals surface area contributed by atoms with Gasteiger partial charge in [-0.15, -0.1) is 0 Å². The molecule has 0 radical (unpaired) electrons. The first kappa shape index (κ1) is 14.1. The molecule has 0 atom stereocenters. The second-order valence-electron chi connectivity index (χ2n) is 5.71. The van der Waals surface area contributed by atoms with E-state index >= 15 is 0 Å². The lowest BCUT2D eigenvalue weighted by Gasteiger charge is -2.31. The van der Waals surface area contributed by atoms with Gasteiger partial charge in [-0.3, -0.25) is 4.79 Å². The molecule has 3 heteroatoms. The normalized spacial score (nSPS) is 23.3. The van der Waals surface area contributed by atoms with Crippen LogP contribution < -0.4 is 10.6 Å². The van der Waals surface area contributed by atoms with Crippen LogP contribution in [0.3, 0.4) is 0 Å². The molecular weight excluding hydrogens is 236 g/mol. The van der Waals surface area contributed by atoms with Crippen molar-refractivity contribution < 1.29 is 4.79 Å². The number of rotatable bonds is 4. The molecular formula is C16H24N2O. The number of benzene rings is 1. The number of carbonyl (C=O) groups is 1. The summed E-state index contributed by atoms with van der Waals surface area (Å²) in [7, 11) is 0. The Morgan fingerprint density at radius 2 is 1.63 bits per heavy atom. The van der Waals surface area contributed by atoms with E-state index in [1.54, 1.807) is 0 Å². The lowest BCUT2D eigenvalue weighted by atomic mass is 9.90. The summed E-state index contributed by atoms with van der Waals surface area (Å²) in [6.07, 6.45) is 4.45. The Kier molecular flexibility index (Phi) is 4.97. The van der Waals surface area contributed by atoms with E-state index < -0.39 is 0 Å². The van der Waals surface area contributed by atoms with Crippen LogP contribution in [-0.2, 0) is 0 Å². The van der Waals surface area contributed by atoms with Crippen LogP contribution in [0.5, 0.6) is 0 Å². The highest BCUT2D eigenvalue weighted by Gasteiger charge is 2.22. The van der Waals surface area contributed by atoms with Crippen molar-refractivity contribution in [1.82, 2.24) is 10.6 Å².